The van der Waals surface area contributed by atoms with Gasteiger partial charge in [0.1, 0.15) is 6.04 Å². The van der Waals surface area contributed by atoms with Crippen LogP contribution in [0.3, 0.4) is 0 Å². The van der Waals surface area contributed by atoms with Gasteiger partial charge in [-0.15, -0.1) is 6.42 Å². The average Bonchev–Trinajstić information content (AvgIpc) is 2.24. The van der Waals surface area contributed by atoms with E-state index in [1.807, 2.05) is 32.9 Å². The summed E-state index contributed by atoms with van der Waals surface area (Å²) in [5, 5.41) is 3.05. The van der Waals surface area contributed by atoms with Crippen LogP contribution < -0.4 is 11.1 Å². The highest BCUT2D eigenvalue weighted by atomic mass is 15.1. The number of guanidine groups is 1. The summed E-state index contributed by atoms with van der Waals surface area (Å²) in [7, 11) is 0. The summed E-state index contributed by atoms with van der Waals surface area (Å²) in [5.41, 5.74) is 9.11. The van der Waals surface area contributed by atoms with Crippen molar-refractivity contribution in [1.29, 1.82) is 0 Å². The molecule has 1 aromatic rings. The van der Waals surface area contributed by atoms with Crippen molar-refractivity contribution in [1.82, 2.24) is 0 Å². The Labute approximate surface area is 103 Å². The fraction of sp³-hybridized carbons (Fsp3) is 0.357. The Morgan fingerprint density at radius 2 is 2.00 bits per heavy atom. The van der Waals surface area contributed by atoms with Gasteiger partial charge in [-0.25, -0.2) is 4.99 Å². The van der Waals surface area contributed by atoms with E-state index < -0.39 is 0 Å². The van der Waals surface area contributed by atoms with Crippen LogP contribution in [0.15, 0.2) is 23.2 Å². The lowest BCUT2D eigenvalue weighted by Crippen LogP contribution is -2.24. The summed E-state index contributed by atoms with van der Waals surface area (Å²) < 4.78 is 0. The first-order chi connectivity index (χ1) is 8.05. The van der Waals surface area contributed by atoms with E-state index in [1.54, 1.807) is 0 Å². The van der Waals surface area contributed by atoms with E-state index in [0.29, 0.717) is 5.96 Å². The van der Waals surface area contributed by atoms with Gasteiger partial charge in [-0.1, -0.05) is 18.9 Å². The standard InChI is InChI=1S/C14H19N3/c1-5-12(6-2)16-14(15)17-13-8-10(3)7-11(4)9-13/h1,7-9,12H,6H2,2-4H3,(H3,15,16,17). The molecule has 1 atom stereocenters. The maximum absolute atomic E-state index is 5.80. The molecule has 3 nitrogen and oxygen atoms in total. The number of rotatable bonds is 3. The first-order valence-corrected chi connectivity index (χ1v) is 5.70. The topological polar surface area (TPSA) is 50.4 Å². The Morgan fingerprint density at radius 1 is 1.41 bits per heavy atom. The van der Waals surface area contributed by atoms with Crippen LogP contribution in [-0.4, -0.2) is 12.0 Å². The number of hydrogen-bond donors (Lipinski definition) is 2. The number of nitrogens with one attached hydrogen (secondary N) is 1. The number of hydrogen-bond acceptors (Lipinski definition) is 1. The Morgan fingerprint density at radius 3 is 2.47 bits per heavy atom. The van der Waals surface area contributed by atoms with Gasteiger partial charge in [-0.2, -0.15) is 0 Å². The zero-order chi connectivity index (χ0) is 12.8. The van der Waals surface area contributed by atoms with Crippen molar-refractivity contribution in [2.45, 2.75) is 33.2 Å². The van der Waals surface area contributed by atoms with E-state index in [-0.39, 0.29) is 6.04 Å². The van der Waals surface area contributed by atoms with Crippen molar-refractivity contribution in [3.63, 3.8) is 0 Å². The molecule has 0 heterocycles. The van der Waals surface area contributed by atoms with Gasteiger partial charge in [0, 0.05) is 5.69 Å². The third kappa shape index (κ3) is 4.20. The quantitative estimate of drug-likeness (QED) is 0.475. The fourth-order valence-electron chi connectivity index (χ4n) is 1.64. The van der Waals surface area contributed by atoms with Gasteiger partial charge in [0.15, 0.2) is 5.96 Å². The summed E-state index contributed by atoms with van der Waals surface area (Å²) in [6.45, 7) is 6.07. The van der Waals surface area contributed by atoms with Crippen molar-refractivity contribution in [3.8, 4) is 12.3 Å². The van der Waals surface area contributed by atoms with E-state index in [9.17, 15) is 0 Å². The Balaban J connectivity index is 2.81. The molecule has 17 heavy (non-hydrogen) atoms. The second-order valence-corrected chi connectivity index (χ2v) is 4.11. The van der Waals surface area contributed by atoms with Crippen LogP contribution in [0.1, 0.15) is 24.5 Å². The Bertz CT molecular complexity index is 435. The highest BCUT2D eigenvalue weighted by molar-refractivity contribution is 5.92. The van der Waals surface area contributed by atoms with Gasteiger partial charge in [-0.05, 0) is 43.5 Å². The smallest absolute Gasteiger partial charge is 0.194 e. The molecule has 0 spiro atoms. The normalized spacial score (nSPS) is 12.9. The zero-order valence-corrected chi connectivity index (χ0v) is 10.6. The van der Waals surface area contributed by atoms with Gasteiger partial charge in [0.2, 0.25) is 0 Å². The van der Waals surface area contributed by atoms with Crippen LogP contribution in [-0.2, 0) is 0 Å². The molecule has 0 aliphatic rings. The van der Waals surface area contributed by atoms with Gasteiger partial charge in [-0.3, -0.25) is 0 Å². The minimum absolute atomic E-state index is 0.159. The van der Waals surface area contributed by atoms with Crippen molar-refractivity contribution in [3.05, 3.63) is 29.3 Å². The van der Waals surface area contributed by atoms with E-state index >= 15 is 0 Å². The maximum atomic E-state index is 5.80. The molecule has 0 aliphatic heterocycles. The summed E-state index contributed by atoms with van der Waals surface area (Å²) in [6, 6.07) is 5.99. The molecule has 1 unspecified atom stereocenters. The first-order valence-electron chi connectivity index (χ1n) is 5.70. The summed E-state index contributed by atoms with van der Waals surface area (Å²) in [5.74, 6) is 2.94. The number of nitrogens with two attached hydrogens (primary N) is 1. The largest absolute Gasteiger partial charge is 0.370 e. The molecule has 1 aromatic carbocycles. The van der Waals surface area contributed by atoms with E-state index in [4.69, 9.17) is 12.2 Å². The molecule has 0 fully saturated rings. The van der Waals surface area contributed by atoms with Crippen LogP contribution in [0, 0.1) is 26.2 Å². The van der Waals surface area contributed by atoms with E-state index in [0.717, 1.165) is 12.1 Å². The van der Waals surface area contributed by atoms with Crippen molar-refractivity contribution >= 4 is 11.6 Å². The molecule has 90 valence electrons. The zero-order valence-electron chi connectivity index (χ0n) is 10.6. The molecular weight excluding hydrogens is 210 g/mol. The highest BCUT2D eigenvalue weighted by Gasteiger charge is 2.01. The molecule has 0 saturated carbocycles. The highest BCUT2D eigenvalue weighted by Crippen LogP contribution is 2.13. The number of benzene rings is 1. The van der Waals surface area contributed by atoms with Crippen LogP contribution in [0.4, 0.5) is 5.69 Å². The van der Waals surface area contributed by atoms with Crippen LogP contribution in [0.5, 0.6) is 0 Å². The van der Waals surface area contributed by atoms with Gasteiger partial charge in [0.25, 0.3) is 0 Å². The maximum Gasteiger partial charge on any atom is 0.194 e. The molecule has 1 rings (SSSR count). The van der Waals surface area contributed by atoms with Crippen LogP contribution in [0.25, 0.3) is 0 Å². The Kier molecular flexibility index (Phi) is 4.59. The van der Waals surface area contributed by atoms with Gasteiger partial charge >= 0.3 is 0 Å². The SMILES string of the molecule is C#CC(CC)N=C(N)Nc1cc(C)cc(C)c1. The minimum Gasteiger partial charge on any atom is -0.370 e. The Hall–Kier alpha value is -1.95. The third-order valence-electron chi connectivity index (χ3n) is 2.37. The van der Waals surface area contributed by atoms with E-state index in [2.05, 4.69) is 22.3 Å². The van der Waals surface area contributed by atoms with Crippen LogP contribution in [0.2, 0.25) is 0 Å². The molecule has 3 N–H and O–H groups in total. The lowest BCUT2D eigenvalue weighted by molar-refractivity contribution is 0.806. The summed E-state index contributed by atoms with van der Waals surface area (Å²) >= 11 is 0. The molecule has 0 aliphatic carbocycles. The first kappa shape index (κ1) is 13.1. The monoisotopic (exact) mass is 229 g/mol. The predicted molar refractivity (Wildman–Crippen MR) is 74.1 cm³/mol. The predicted octanol–water partition coefficient (Wildman–Crippen LogP) is 2.44. The minimum atomic E-state index is -0.159. The van der Waals surface area contributed by atoms with Crippen molar-refractivity contribution in [2.24, 2.45) is 10.7 Å². The number of aryl methyl sites for hydroxylation is 2. The second kappa shape index (κ2) is 5.95. The summed E-state index contributed by atoms with van der Waals surface area (Å²) in [6.07, 6.45) is 6.12. The average molecular weight is 229 g/mol. The summed E-state index contributed by atoms with van der Waals surface area (Å²) in [4.78, 5) is 4.22. The molecule has 0 aromatic heterocycles. The molecule has 0 bridgehead atoms. The number of aliphatic imine (C=N–C) groups is 1. The number of anilines is 1. The molecular formula is C14H19N3. The lowest BCUT2D eigenvalue weighted by atomic mass is 10.1. The number of terminal acetylenes is 1. The second-order valence-electron chi connectivity index (χ2n) is 4.11. The van der Waals surface area contributed by atoms with Crippen molar-refractivity contribution < 1.29 is 0 Å². The van der Waals surface area contributed by atoms with E-state index in [1.165, 1.54) is 11.1 Å². The van der Waals surface area contributed by atoms with Crippen LogP contribution >= 0.6 is 0 Å². The molecule has 0 amide bonds. The molecule has 3 heteroatoms. The van der Waals surface area contributed by atoms with Gasteiger partial charge < -0.3 is 11.1 Å². The fourth-order valence-corrected chi connectivity index (χ4v) is 1.64. The lowest BCUT2D eigenvalue weighted by Gasteiger charge is -2.09. The molecule has 0 saturated heterocycles. The third-order valence-corrected chi connectivity index (χ3v) is 2.37. The van der Waals surface area contributed by atoms with Gasteiger partial charge in [0.05, 0.1) is 0 Å². The molecule has 0 radical (unpaired) electrons. The van der Waals surface area contributed by atoms with Crippen molar-refractivity contribution in [2.75, 3.05) is 5.32 Å². The number of nitrogens with zero attached hydrogens (tertiary/aromatic N) is 1.